The first-order valence-corrected chi connectivity index (χ1v) is 11.1. The van der Waals surface area contributed by atoms with Crippen LogP contribution in [0.2, 0.25) is 0 Å². The number of ether oxygens (including phenoxy) is 1. The number of fused-ring (bicyclic) bond motifs is 1. The molecule has 0 aliphatic carbocycles. The molecule has 0 unspecified atom stereocenters. The van der Waals surface area contributed by atoms with E-state index >= 15 is 0 Å². The lowest BCUT2D eigenvalue weighted by Crippen LogP contribution is -2.35. The molecule has 7 heteroatoms. The molecule has 7 nitrogen and oxygen atoms in total. The minimum atomic E-state index is -0.518. The van der Waals surface area contributed by atoms with E-state index < -0.39 is 5.91 Å². The number of amides is 1. The Morgan fingerprint density at radius 3 is 2.36 bits per heavy atom. The minimum Gasteiger partial charge on any atom is -0.379 e. The Balaban J connectivity index is 1.35. The fourth-order valence-electron chi connectivity index (χ4n) is 4.30. The summed E-state index contributed by atoms with van der Waals surface area (Å²) in [5, 5.41) is 9.88. The van der Waals surface area contributed by atoms with Gasteiger partial charge in [-0.25, -0.2) is 10.5 Å². The average molecular weight is 443 g/mol. The minimum absolute atomic E-state index is 0.413. The van der Waals surface area contributed by atoms with Crippen molar-refractivity contribution in [3.8, 4) is 11.1 Å². The van der Waals surface area contributed by atoms with E-state index in [9.17, 15) is 4.79 Å². The van der Waals surface area contributed by atoms with Gasteiger partial charge in [-0.05, 0) is 46.5 Å². The number of carbonyl (C=O) groups is 1. The zero-order valence-electron chi connectivity index (χ0n) is 18.3. The summed E-state index contributed by atoms with van der Waals surface area (Å²) in [5.74, 6) is -0.518. The normalized spacial score (nSPS) is 14.5. The summed E-state index contributed by atoms with van der Waals surface area (Å²) < 4.78 is 7.54. The van der Waals surface area contributed by atoms with E-state index in [2.05, 4.69) is 50.8 Å². The molecule has 4 aromatic rings. The molecule has 33 heavy (non-hydrogen) atoms. The lowest BCUT2D eigenvalue weighted by Gasteiger charge is -2.26. The van der Waals surface area contributed by atoms with Gasteiger partial charge in [-0.15, -0.1) is 0 Å². The monoisotopic (exact) mass is 442 g/mol. The maximum absolute atomic E-state index is 11.5. The highest BCUT2D eigenvalue weighted by atomic mass is 16.5. The number of morpholine rings is 1. The maximum Gasteiger partial charge on any atom is 0.274 e. The lowest BCUT2D eigenvalue weighted by molar-refractivity contribution is 0.0342. The van der Waals surface area contributed by atoms with Crippen LogP contribution < -0.4 is 5.48 Å². The highest BCUT2D eigenvalue weighted by Crippen LogP contribution is 2.29. The molecule has 2 aromatic carbocycles. The van der Waals surface area contributed by atoms with Crippen LogP contribution in [0.5, 0.6) is 0 Å². The molecule has 0 atom stereocenters. The number of benzene rings is 2. The Kier molecular flexibility index (Phi) is 6.17. The van der Waals surface area contributed by atoms with Crippen LogP contribution in [-0.2, 0) is 17.8 Å². The van der Waals surface area contributed by atoms with Crippen molar-refractivity contribution in [2.24, 2.45) is 0 Å². The van der Waals surface area contributed by atoms with Crippen LogP contribution in [-0.4, -0.2) is 51.9 Å². The van der Waals surface area contributed by atoms with Crippen molar-refractivity contribution >= 4 is 16.9 Å². The molecule has 0 saturated carbocycles. The summed E-state index contributed by atoms with van der Waals surface area (Å²) in [6.45, 7) is 5.18. The van der Waals surface area contributed by atoms with Crippen LogP contribution in [0.25, 0.3) is 22.2 Å². The Labute approximate surface area is 192 Å². The Morgan fingerprint density at radius 1 is 0.939 bits per heavy atom. The van der Waals surface area contributed by atoms with E-state index in [0.29, 0.717) is 12.1 Å². The van der Waals surface area contributed by atoms with Crippen LogP contribution >= 0.6 is 0 Å². The Hall–Kier alpha value is -3.52. The molecule has 1 saturated heterocycles. The van der Waals surface area contributed by atoms with E-state index in [1.165, 1.54) is 11.1 Å². The van der Waals surface area contributed by atoms with Crippen LogP contribution in [0.3, 0.4) is 0 Å². The molecule has 168 valence electrons. The van der Waals surface area contributed by atoms with Gasteiger partial charge in [-0.2, -0.15) is 0 Å². The number of carbonyl (C=O) groups excluding carboxylic acids is 1. The Morgan fingerprint density at radius 2 is 1.64 bits per heavy atom. The molecule has 1 aliphatic heterocycles. The topological polar surface area (TPSA) is 79.6 Å². The van der Waals surface area contributed by atoms with E-state index in [1.807, 2.05) is 24.5 Å². The van der Waals surface area contributed by atoms with Gasteiger partial charge in [0.2, 0.25) is 0 Å². The summed E-state index contributed by atoms with van der Waals surface area (Å²) in [6, 6.07) is 20.1. The fraction of sp³-hybridized carbons (Fsp3) is 0.231. The van der Waals surface area contributed by atoms with Crippen molar-refractivity contribution in [2.45, 2.75) is 13.1 Å². The third kappa shape index (κ3) is 4.66. The molecule has 2 N–H and O–H groups in total. The van der Waals surface area contributed by atoms with Crippen molar-refractivity contribution in [1.82, 2.24) is 19.9 Å². The van der Waals surface area contributed by atoms with Crippen LogP contribution in [0, 0.1) is 0 Å². The molecule has 5 rings (SSSR count). The number of hydrogen-bond acceptors (Lipinski definition) is 5. The Bertz CT molecular complexity index is 1240. The van der Waals surface area contributed by atoms with Crippen molar-refractivity contribution in [3.63, 3.8) is 0 Å². The number of nitrogens with one attached hydrogen (secondary N) is 1. The summed E-state index contributed by atoms with van der Waals surface area (Å²) in [7, 11) is 0. The summed E-state index contributed by atoms with van der Waals surface area (Å²) in [5.41, 5.74) is 7.67. The predicted molar refractivity (Wildman–Crippen MR) is 126 cm³/mol. The number of pyridine rings is 1. The number of nitrogens with zero attached hydrogens (tertiary/aromatic N) is 3. The quantitative estimate of drug-likeness (QED) is 0.352. The summed E-state index contributed by atoms with van der Waals surface area (Å²) >= 11 is 0. The second-order valence-electron chi connectivity index (χ2n) is 8.26. The van der Waals surface area contributed by atoms with Gasteiger partial charge in [0, 0.05) is 49.5 Å². The van der Waals surface area contributed by atoms with Gasteiger partial charge >= 0.3 is 0 Å². The zero-order chi connectivity index (χ0) is 22.6. The molecule has 1 fully saturated rings. The number of hydrogen-bond donors (Lipinski definition) is 2. The van der Waals surface area contributed by atoms with Crippen molar-refractivity contribution in [3.05, 3.63) is 89.7 Å². The van der Waals surface area contributed by atoms with E-state index in [4.69, 9.17) is 9.94 Å². The number of aromatic nitrogens is 2. The fourth-order valence-corrected chi connectivity index (χ4v) is 4.30. The highest BCUT2D eigenvalue weighted by Gasteiger charge is 2.12. The second kappa shape index (κ2) is 9.54. The van der Waals surface area contributed by atoms with E-state index in [1.54, 1.807) is 17.6 Å². The van der Waals surface area contributed by atoms with Crippen LogP contribution in [0.4, 0.5) is 0 Å². The summed E-state index contributed by atoms with van der Waals surface area (Å²) in [6.07, 6.45) is 3.90. The van der Waals surface area contributed by atoms with Crippen molar-refractivity contribution < 1.29 is 14.7 Å². The zero-order valence-corrected chi connectivity index (χ0v) is 18.3. The molecule has 1 amide bonds. The van der Waals surface area contributed by atoms with Gasteiger partial charge in [-0.3, -0.25) is 14.9 Å². The van der Waals surface area contributed by atoms with Crippen molar-refractivity contribution in [2.75, 3.05) is 26.3 Å². The lowest BCUT2D eigenvalue weighted by atomic mass is 10.0. The van der Waals surface area contributed by atoms with Gasteiger partial charge in [0.1, 0.15) is 5.65 Å². The van der Waals surface area contributed by atoms with E-state index in [0.717, 1.165) is 55.0 Å². The molecule has 0 radical (unpaired) electrons. The molecular formula is C26H26N4O3. The molecule has 3 heterocycles. The van der Waals surface area contributed by atoms with Gasteiger partial charge < -0.3 is 9.30 Å². The first-order chi connectivity index (χ1) is 16.2. The summed E-state index contributed by atoms with van der Waals surface area (Å²) in [4.78, 5) is 18.6. The molecule has 0 bridgehead atoms. The van der Waals surface area contributed by atoms with Crippen molar-refractivity contribution in [1.29, 1.82) is 0 Å². The average Bonchev–Trinajstić information content (AvgIpc) is 3.28. The van der Waals surface area contributed by atoms with Crippen LogP contribution in [0.15, 0.2) is 73.1 Å². The first kappa shape index (κ1) is 21.3. The standard InChI is InChI=1S/C26H26N4O3/c31-26(28-32)22-7-3-20(4-8-22)18-30-12-10-24-23(9-11-27-25(24)30)21-5-1-19(2-6-21)17-29-13-15-33-16-14-29/h1-12,32H,13-18H2,(H,28,31). The third-order valence-electron chi connectivity index (χ3n) is 6.11. The van der Waals surface area contributed by atoms with Crippen LogP contribution in [0.1, 0.15) is 21.5 Å². The largest absolute Gasteiger partial charge is 0.379 e. The van der Waals surface area contributed by atoms with Gasteiger partial charge in [0.05, 0.1) is 13.2 Å². The number of rotatable bonds is 6. The molecule has 2 aromatic heterocycles. The molecular weight excluding hydrogens is 416 g/mol. The van der Waals surface area contributed by atoms with Gasteiger partial charge in [0.25, 0.3) is 5.91 Å². The smallest absolute Gasteiger partial charge is 0.274 e. The van der Waals surface area contributed by atoms with Gasteiger partial charge in [0.15, 0.2) is 0 Å². The molecule has 0 spiro atoms. The molecule has 1 aliphatic rings. The van der Waals surface area contributed by atoms with Gasteiger partial charge in [-0.1, -0.05) is 36.4 Å². The number of hydroxylamine groups is 1. The first-order valence-electron chi connectivity index (χ1n) is 11.1. The third-order valence-corrected chi connectivity index (χ3v) is 6.11. The maximum atomic E-state index is 11.5. The predicted octanol–water partition coefficient (Wildman–Crippen LogP) is 3.70. The van der Waals surface area contributed by atoms with E-state index in [-0.39, 0.29) is 0 Å². The second-order valence-corrected chi connectivity index (χ2v) is 8.26. The SMILES string of the molecule is O=C(NO)c1ccc(Cn2ccc3c(-c4ccc(CN5CCOCC5)cc4)ccnc32)cc1. The highest BCUT2D eigenvalue weighted by molar-refractivity contribution is 5.94.